The molecule has 0 radical (unpaired) electrons. The van der Waals surface area contributed by atoms with E-state index < -0.39 is 291 Å². The Bertz CT molecular complexity index is 5510. The zero-order chi connectivity index (χ0) is 101. The Balaban J connectivity index is 0.725. The number of ether oxygens (including phenoxy) is 3. The molecule has 4 aliphatic carbocycles. The van der Waals surface area contributed by atoms with Crippen LogP contribution in [0.3, 0.4) is 0 Å². The van der Waals surface area contributed by atoms with E-state index in [9.17, 15) is 108 Å². The van der Waals surface area contributed by atoms with Crippen LogP contribution in [-0.4, -0.2) is 394 Å². The van der Waals surface area contributed by atoms with Gasteiger partial charge in [-0.05, 0) is 110 Å². The number of aromatic nitrogens is 4. The fraction of sp³-hybridized carbons (Fsp3) is 0.529. The summed E-state index contributed by atoms with van der Waals surface area (Å²) in [7, 11) is 5.04. The van der Waals surface area contributed by atoms with E-state index in [0.29, 0.717) is 11.1 Å². The second kappa shape index (κ2) is 45.7. The quantitative estimate of drug-likeness (QED) is 0.0144. The predicted octanol–water partition coefficient (Wildman–Crippen LogP) is -0.364. The van der Waals surface area contributed by atoms with E-state index in [-0.39, 0.29) is 78.5 Å². The van der Waals surface area contributed by atoms with Crippen LogP contribution in [0.2, 0.25) is 0 Å². The number of hydrogen-bond acceptors (Lipinski definition) is 31. The van der Waals surface area contributed by atoms with Crippen LogP contribution in [0.15, 0.2) is 107 Å². The number of amides is 13. The molecule has 4 aliphatic rings. The largest absolute Gasteiger partial charge is 0.461 e. The number of furan rings is 1. The van der Waals surface area contributed by atoms with Crippen LogP contribution in [-0.2, 0) is 112 Å². The fourth-order valence-electron chi connectivity index (χ4n) is 16.6. The number of thioether (sulfide) groups is 1. The Morgan fingerprint density at radius 3 is 1.49 bits per heavy atom. The second-order valence-corrected chi connectivity index (χ2v) is 39.2. The van der Waals surface area contributed by atoms with Crippen molar-refractivity contribution in [3.8, 4) is 22.3 Å². The highest BCUT2D eigenvalue weighted by atomic mass is 32.2. The van der Waals surface area contributed by atoms with Crippen molar-refractivity contribution in [3.63, 3.8) is 0 Å². The number of allylic oxidation sites excluding steroid dienone is 4. The minimum atomic E-state index is -3.78. The molecule has 740 valence electrons. The number of aliphatic hydroxyl groups excluding tert-OH is 1. The standard InChI is InChI=1S/C87H112F3N17O26S3/c1-17-23-131-77(121)20-18-19-63(78(122)96-50-130-47-52-25-64(132-48-52)80(124)133-87(81(125)134-49-88)51(2)24-59-60-30-62(89)61-29-58(108)21-22-84(61,3)86(60,90)65(109)31-85(59,87)4)97-66(110)36-91-67(111)37-98(5)68(112)38-99(6)69(113)39-100(7)70(114)40-101(8)71(115)41-102(9)72(116)42-103(10)73(117)43-104(11)74(118)44-105(12)75(119)45-106(13)76(120)46-107(14)79(123)55-27-53(56-32-92-82(93-33-56)135(15,126)127)26-54(28-55)57-34-94-83(95-35-57)136(16,128)129/h17,21-22,25-29,32-35,48,51,59-60,62-63,65,109H,1,18-20,23-24,30-31,36-47,49-50H2,2-16H3,(H,91,111)(H,96,122)(H,97,110)/t51-,59+,60+,62+,63+,65+,84+,85+,86+,87+/m1/s1. The smallest absolute Gasteiger partial charge is 0.375 e. The van der Waals surface area contributed by atoms with Gasteiger partial charge in [-0.2, -0.15) is 0 Å². The first kappa shape index (κ1) is 109. The molecule has 49 heteroatoms. The number of likely N-dealkylation sites (N-methyl/N-ethyl adjacent to an activating group) is 10. The Hall–Kier alpha value is -12.8. The Morgan fingerprint density at radius 2 is 1.06 bits per heavy atom. The normalized spacial score (nSPS) is 20.4. The Morgan fingerprint density at radius 1 is 0.618 bits per heavy atom. The fourth-order valence-corrected chi connectivity index (χ4v) is 18.3. The number of fused-ring (bicyclic) bond motifs is 5. The third-order valence-corrected chi connectivity index (χ3v) is 26.8. The number of halogens is 3. The molecule has 0 spiro atoms. The lowest BCUT2D eigenvalue weighted by Crippen LogP contribution is -2.70. The number of nitrogens with one attached hydrogen (secondary N) is 3. The maximum absolute atomic E-state index is 18.0. The summed E-state index contributed by atoms with van der Waals surface area (Å²) in [6, 6.07) is 3.04. The number of sulfone groups is 2. The van der Waals surface area contributed by atoms with Crippen molar-refractivity contribution in [2.45, 2.75) is 106 Å². The molecule has 3 aromatic heterocycles. The molecule has 0 unspecified atom stereocenters. The van der Waals surface area contributed by atoms with Gasteiger partial charge in [0.2, 0.25) is 112 Å². The first-order valence-corrected chi connectivity index (χ1v) is 47.1. The Kier molecular flexibility index (Phi) is 36.5. The average molecular weight is 1970 g/mol. The molecule has 0 saturated heterocycles. The van der Waals surface area contributed by atoms with E-state index in [4.69, 9.17) is 18.6 Å². The lowest BCUT2D eigenvalue weighted by Gasteiger charge is -2.63. The van der Waals surface area contributed by atoms with Crippen LogP contribution < -0.4 is 16.0 Å². The van der Waals surface area contributed by atoms with Crippen molar-refractivity contribution in [2.75, 3.05) is 174 Å². The van der Waals surface area contributed by atoms with Crippen LogP contribution in [0.5, 0.6) is 0 Å². The molecule has 13 amide bonds. The van der Waals surface area contributed by atoms with Gasteiger partial charge in [0.1, 0.15) is 31.6 Å². The third-order valence-electron chi connectivity index (χ3n) is 24.4. The van der Waals surface area contributed by atoms with Gasteiger partial charge in [0, 0.05) is 159 Å². The molecular formula is C87H112F3N17O26S3. The molecule has 3 heterocycles. The van der Waals surface area contributed by atoms with Crippen molar-refractivity contribution in [3.05, 3.63) is 109 Å². The molecule has 10 atom stereocenters. The van der Waals surface area contributed by atoms with E-state index in [1.54, 1.807) is 13.0 Å². The molecule has 3 saturated carbocycles. The van der Waals surface area contributed by atoms with Crippen molar-refractivity contribution in [2.24, 2.45) is 28.6 Å². The number of nitrogens with zero attached hydrogens (tertiary/aromatic N) is 14. The molecule has 8 rings (SSSR count). The summed E-state index contributed by atoms with van der Waals surface area (Å²) in [6.45, 7) is 0.450. The van der Waals surface area contributed by atoms with Crippen molar-refractivity contribution in [1.82, 2.24) is 84.9 Å². The SMILES string of the molecule is C=CCOC(=O)CCC[C@H](NC(=O)CNC(=O)CN(C)C(=O)CN(C)C(=O)CN(C)C(=O)CN(C)C(=O)CN(C)C(=O)CN(C)C(=O)CN(C)C(=O)CN(C)C(=O)CN(C)C(=O)CN(C)C(=O)c1cc(-c2cnc(S(C)(=O)=O)nc2)cc(-c2cnc(S(C)(=O)=O)nc2)c1)C(=O)NCOCc1coc(C(=O)O[C@]2(C(=O)SCF)[C@H](C)C[C@H]3[C@@H]4C[C@H](F)C5=CC(=O)C=C[C@]5(C)[C@@]4(F)[C@@H](O)C[C@@]32C)c1. The molecule has 136 heavy (non-hydrogen) atoms. The van der Waals surface area contributed by atoms with E-state index in [1.165, 1.54) is 139 Å². The topological polar surface area (TPSA) is 540 Å². The highest BCUT2D eigenvalue weighted by Crippen LogP contribution is 2.72. The van der Waals surface area contributed by atoms with Gasteiger partial charge in [-0.3, -0.25) is 76.7 Å². The minimum Gasteiger partial charge on any atom is -0.461 e. The zero-order valence-corrected chi connectivity index (χ0v) is 80.2. The summed E-state index contributed by atoms with van der Waals surface area (Å²) in [5, 5.41) is 17.4. The lowest BCUT2D eigenvalue weighted by atomic mass is 9.44. The minimum absolute atomic E-state index is 0.000156. The van der Waals surface area contributed by atoms with E-state index in [1.807, 2.05) is 0 Å². The summed E-state index contributed by atoms with van der Waals surface area (Å²) in [5.41, 5.74) is -6.83. The number of esters is 2. The number of aliphatic hydroxyl groups is 1. The summed E-state index contributed by atoms with van der Waals surface area (Å²) < 4.78 is 119. The number of benzene rings is 1. The molecule has 4 N–H and O–H groups in total. The van der Waals surface area contributed by atoms with E-state index in [0.717, 1.165) is 79.9 Å². The summed E-state index contributed by atoms with van der Waals surface area (Å²) in [6.07, 6.45) is 7.62. The average Bonchev–Trinajstić information content (AvgIpc) is 1.45. The van der Waals surface area contributed by atoms with Gasteiger partial charge in [-0.15, -0.1) is 0 Å². The van der Waals surface area contributed by atoms with Crippen molar-refractivity contribution < 1.29 is 135 Å². The number of carbonyl (C=O) groups is 17. The first-order valence-electron chi connectivity index (χ1n) is 42.3. The predicted molar refractivity (Wildman–Crippen MR) is 477 cm³/mol. The van der Waals surface area contributed by atoms with Gasteiger partial charge in [-0.25, -0.2) is 54.7 Å². The zero-order valence-electron chi connectivity index (χ0n) is 77.8. The van der Waals surface area contributed by atoms with E-state index >= 15 is 8.78 Å². The molecule has 43 nitrogen and oxygen atoms in total. The van der Waals surface area contributed by atoms with Gasteiger partial charge < -0.3 is 88.7 Å². The van der Waals surface area contributed by atoms with Crippen molar-refractivity contribution in [1.29, 1.82) is 0 Å². The van der Waals surface area contributed by atoms with Gasteiger partial charge in [0.05, 0.1) is 91.0 Å². The number of alkyl halides is 3. The lowest BCUT2D eigenvalue weighted by molar-refractivity contribution is -0.221. The van der Waals surface area contributed by atoms with Crippen LogP contribution in [0.4, 0.5) is 13.2 Å². The summed E-state index contributed by atoms with van der Waals surface area (Å²) >= 11 is 0.218. The molecule has 1 aromatic carbocycles. The highest BCUT2D eigenvalue weighted by Gasteiger charge is 2.78. The molecular weight excluding hydrogens is 1850 g/mol. The highest BCUT2D eigenvalue weighted by molar-refractivity contribution is 8.13. The van der Waals surface area contributed by atoms with Crippen LogP contribution >= 0.6 is 11.8 Å². The molecule has 0 aliphatic heterocycles. The van der Waals surface area contributed by atoms with Gasteiger partial charge in [0.15, 0.2) is 17.1 Å². The number of ketones is 1. The van der Waals surface area contributed by atoms with Crippen LogP contribution in [0.25, 0.3) is 22.3 Å². The van der Waals surface area contributed by atoms with Crippen molar-refractivity contribution >= 4 is 131 Å². The van der Waals surface area contributed by atoms with E-state index in [2.05, 4.69) is 42.5 Å². The second-order valence-electron chi connectivity index (χ2n) is 34.5. The van der Waals surface area contributed by atoms with Crippen LogP contribution in [0, 0.1) is 28.6 Å². The summed E-state index contributed by atoms with van der Waals surface area (Å²) in [5.74, 6) is -15.8. The molecule has 3 fully saturated rings. The Labute approximate surface area is 786 Å². The van der Waals surface area contributed by atoms with Gasteiger partial charge >= 0.3 is 11.9 Å². The molecule has 0 bridgehead atoms. The maximum atomic E-state index is 18.0. The third kappa shape index (κ3) is 26.1. The number of carbonyl (C=O) groups excluding carboxylic acids is 17. The number of hydrogen-bond donors (Lipinski definition) is 4. The van der Waals surface area contributed by atoms with Crippen LogP contribution in [0.1, 0.15) is 85.8 Å². The number of rotatable bonds is 43. The summed E-state index contributed by atoms with van der Waals surface area (Å²) in [4.78, 5) is 253. The van der Waals surface area contributed by atoms with Gasteiger partial charge in [0.25, 0.3) is 5.91 Å². The monoisotopic (exact) mass is 1960 g/mol. The molecule has 4 aromatic rings. The van der Waals surface area contributed by atoms with Gasteiger partial charge in [-0.1, -0.05) is 32.6 Å². The first-order chi connectivity index (χ1) is 63.5. The maximum Gasteiger partial charge on any atom is 0.375 e.